The average molecular weight is 335 g/mol. The van der Waals surface area contributed by atoms with Crippen LogP contribution in [0.1, 0.15) is 16.1 Å². The molecule has 0 radical (unpaired) electrons. The van der Waals surface area contributed by atoms with Gasteiger partial charge in [0, 0.05) is 18.7 Å². The zero-order chi connectivity index (χ0) is 17.7. The van der Waals surface area contributed by atoms with Crippen LogP contribution >= 0.6 is 0 Å². The van der Waals surface area contributed by atoms with Crippen LogP contribution < -0.4 is 0 Å². The molecule has 24 heavy (non-hydrogen) atoms. The van der Waals surface area contributed by atoms with Gasteiger partial charge in [0.2, 0.25) is 0 Å². The third-order valence-corrected chi connectivity index (χ3v) is 3.28. The molecular formula is C18H16F3NO2. The van der Waals surface area contributed by atoms with Gasteiger partial charge in [-0.05, 0) is 24.3 Å². The predicted octanol–water partition coefficient (Wildman–Crippen LogP) is 4.78. The van der Waals surface area contributed by atoms with Gasteiger partial charge in [-0.15, -0.1) is 13.2 Å². The Labute approximate surface area is 137 Å². The Morgan fingerprint density at radius 1 is 1.12 bits per heavy atom. The van der Waals surface area contributed by atoms with Gasteiger partial charge in [0.15, 0.2) is 5.76 Å². The van der Waals surface area contributed by atoms with Crippen molar-refractivity contribution in [3.8, 4) is 11.3 Å². The second-order valence-corrected chi connectivity index (χ2v) is 5.03. The zero-order valence-corrected chi connectivity index (χ0v) is 12.8. The summed E-state index contributed by atoms with van der Waals surface area (Å²) < 4.78 is 43.8. The van der Waals surface area contributed by atoms with Crippen molar-refractivity contribution in [1.29, 1.82) is 0 Å². The summed E-state index contributed by atoms with van der Waals surface area (Å²) >= 11 is 0. The lowest BCUT2D eigenvalue weighted by molar-refractivity contribution is -0.137. The molecule has 0 unspecified atom stereocenters. The number of hydrogen-bond donors (Lipinski definition) is 0. The van der Waals surface area contributed by atoms with Gasteiger partial charge in [-0.1, -0.05) is 24.3 Å². The molecule has 0 bridgehead atoms. The monoisotopic (exact) mass is 335 g/mol. The fourth-order valence-corrected chi connectivity index (χ4v) is 2.16. The minimum Gasteiger partial charge on any atom is -0.451 e. The summed E-state index contributed by atoms with van der Waals surface area (Å²) in [5.74, 6) is -0.138. The standard InChI is InChI=1S/C18H16F3NO2/c1-3-10-22(11-4-2)17(23)16-9-8-15(24-16)13-6-5-7-14(12-13)18(19,20)21/h3-9,12H,1-2,10-11H2. The smallest absolute Gasteiger partial charge is 0.416 e. The first kappa shape index (κ1) is 17.6. The molecule has 6 heteroatoms. The van der Waals surface area contributed by atoms with Gasteiger partial charge >= 0.3 is 6.18 Å². The highest BCUT2D eigenvalue weighted by molar-refractivity contribution is 5.92. The quantitative estimate of drug-likeness (QED) is 0.712. The second kappa shape index (κ2) is 7.21. The van der Waals surface area contributed by atoms with E-state index in [9.17, 15) is 18.0 Å². The van der Waals surface area contributed by atoms with E-state index in [1.165, 1.54) is 29.2 Å². The number of halogens is 3. The van der Waals surface area contributed by atoms with E-state index >= 15 is 0 Å². The van der Waals surface area contributed by atoms with E-state index in [0.717, 1.165) is 12.1 Å². The molecule has 0 N–H and O–H groups in total. The summed E-state index contributed by atoms with van der Waals surface area (Å²) in [6, 6.07) is 7.67. The molecular weight excluding hydrogens is 319 g/mol. The van der Waals surface area contributed by atoms with Crippen molar-refractivity contribution in [2.24, 2.45) is 0 Å². The Kier molecular flexibility index (Phi) is 5.28. The third kappa shape index (κ3) is 3.95. The molecule has 1 aromatic carbocycles. The van der Waals surface area contributed by atoms with E-state index in [1.54, 1.807) is 12.2 Å². The number of hydrogen-bond acceptors (Lipinski definition) is 2. The molecule has 2 rings (SSSR count). The normalized spacial score (nSPS) is 11.1. The molecule has 1 heterocycles. The van der Waals surface area contributed by atoms with Gasteiger partial charge in [0.25, 0.3) is 5.91 Å². The lowest BCUT2D eigenvalue weighted by Crippen LogP contribution is -2.30. The molecule has 2 aromatic rings. The van der Waals surface area contributed by atoms with Crippen molar-refractivity contribution < 1.29 is 22.4 Å². The van der Waals surface area contributed by atoms with Crippen molar-refractivity contribution in [3.63, 3.8) is 0 Å². The van der Waals surface area contributed by atoms with Crippen molar-refractivity contribution in [2.75, 3.05) is 13.1 Å². The first-order valence-corrected chi connectivity index (χ1v) is 7.15. The molecule has 0 saturated carbocycles. The average Bonchev–Trinajstić information content (AvgIpc) is 3.03. The third-order valence-electron chi connectivity index (χ3n) is 3.28. The predicted molar refractivity (Wildman–Crippen MR) is 85.4 cm³/mol. The molecule has 0 atom stereocenters. The number of carbonyl (C=O) groups is 1. The molecule has 1 aromatic heterocycles. The van der Waals surface area contributed by atoms with Crippen molar-refractivity contribution in [3.05, 3.63) is 73.0 Å². The van der Waals surface area contributed by atoms with Crippen molar-refractivity contribution in [2.45, 2.75) is 6.18 Å². The molecule has 0 aliphatic heterocycles. The number of amides is 1. The van der Waals surface area contributed by atoms with Gasteiger partial charge in [-0.3, -0.25) is 4.79 Å². The number of carbonyl (C=O) groups excluding carboxylic acids is 1. The number of furan rings is 1. The summed E-state index contributed by atoms with van der Waals surface area (Å²) in [6.45, 7) is 7.78. The minimum atomic E-state index is -4.44. The van der Waals surface area contributed by atoms with Gasteiger partial charge in [-0.2, -0.15) is 13.2 Å². The van der Waals surface area contributed by atoms with Crippen LogP contribution in [0.4, 0.5) is 13.2 Å². The minimum absolute atomic E-state index is 0.0473. The second-order valence-electron chi connectivity index (χ2n) is 5.03. The first-order valence-electron chi connectivity index (χ1n) is 7.15. The summed E-state index contributed by atoms with van der Waals surface area (Å²) in [6.07, 6.45) is -1.30. The Bertz CT molecular complexity index is 737. The van der Waals surface area contributed by atoms with Crippen LogP contribution in [0.2, 0.25) is 0 Å². The Hall–Kier alpha value is -2.76. The SMILES string of the molecule is C=CCN(CC=C)C(=O)c1ccc(-c2cccc(C(F)(F)F)c2)o1. The maximum Gasteiger partial charge on any atom is 0.416 e. The lowest BCUT2D eigenvalue weighted by Gasteiger charge is -2.17. The van der Waals surface area contributed by atoms with Crippen LogP contribution in [-0.2, 0) is 6.18 Å². The summed E-state index contributed by atoms with van der Waals surface area (Å²) in [4.78, 5) is 13.8. The summed E-state index contributed by atoms with van der Waals surface area (Å²) in [5.41, 5.74) is -0.521. The van der Waals surface area contributed by atoms with Gasteiger partial charge in [0.1, 0.15) is 5.76 Å². The summed E-state index contributed by atoms with van der Waals surface area (Å²) in [5, 5.41) is 0. The highest BCUT2D eigenvalue weighted by atomic mass is 19.4. The molecule has 0 fully saturated rings. The molecule has 1 amide bonds. The summed E-state index contributed by atoms with van der Waals surface area (Å²) in [7, 11) is 0. The fourth-order valence-electron chi connectivity index (χ4n) is 2.16. The molecule has 0 aliphatic carbocycles. The highest BCUT2D eigenvalue weighted by Crippen LogP contribution is 2.32. The van der Waals surface area contributed by atoms with Crippen LogP contribution in [0.3, 0.4) is 0 Å². The number of nitrogens with zero attached hydrogens (tertiary/aromatic N) is 1. The Balaban J connectivity index is 2.29. The topological polar surface area (TPSA) is 33.5 Å². The Morgan fingerprint density at radius 3 is 2.38 bits per heavy atom. The van der Waals surface area contributed by atoms with Crippen LogP contribution in [0.15, 0.2) is 66.1 Å². The van der Waals surface area contributed by atoms with Gasteiger partial charge < -0.3 is 9.32 Å². The molecule has 0 spiro atoms. The fraction of sp³-hybridized carbons (Fsp3) is 0.167. The number of rotatable bonds is 6. The van der Waals surface area contributed by atoms with Crippen LogP contribution in [0, 0.1) is 0 Å². The largest absolute Gasteiger partial charge is 0.451 e. The van der Waals surface area contributed by atoms with E-state index in [1.807, 2.05) is 0 Å². The van der Waals surface area contributed by atoms with E-state index < -0.39 is 11.7 Å². The number of alkyl halides is 3. The van der Waals surface area contributed by atoms with Gasteiger partial charge in [0.05, 0.1) is 5.56 Å². The number of benzene rings is 1. The van der Waals surface area contributed by atoms with E-state index in [0.29, 0.717) is 13.1 Å². The molecule has 3 nitrogen and oxygen atoms in total. The molecule has 0 aliphatic rings. The van der Waals surface area contributed by atoms with E-state index in [2.05, 4.69) is 13.2 Å². The van der Waals surface area contributed by atoms with Crippen LogP contribution in [0.25, 0.3) is 11.3 Å². The van der Waals surface area contributed by atoms with E-state index in [4.69, 9.17) is 4.42 Å². The van der Waals surface area contributed by atoms with Crippen molar-refractivity contribution >= 4 is 5.91 Å². The van der Waals surface area contributed by atoms with Crippen LogP contribution in [0.5, 0.6) is 0 Å². The van der Waals surface area contributed by atoms with E-state index in [-0.39, 0.29) is 23.0 Å². The van der Waals surface area contributed by atoms with Crippen LogP contribution in [-0.4, -0.2) is 23.9 Å². The maximum atomic E-state index is 12.8. The lowest BCUT2D eigenvalue weighted by atomic mass is 10.1. The first-order chi connectivity index (χ1) is 11.4. The maximum absolute atomic E-state index is 12.8. The van der Waals surface area contributed by atoms with Crippen molar-refractivity contribution in [1.82, 2.24) is 4.90 Å². The highest BCUT2D eigenvalue weighted by Gasteiger charge is 2.30. The van der Waals surface area contributed by atoms with Gasteiger partial charge in [-0.25, -0.2) is 0 Å². The zero-order valence-electron chi connectivity index (χ0n) is 12.8. The molecule has 126 valence electrons. The Morgan fingerprint density at radius 2 is 1.79 bits per heavy atom. The molecule has 0 saturated heterocycles.